The van der Waals surface area contributed by atoms with E-state index < -0.39 is 32.0 Å². The number of hydrogen-bond acceptors (Lipinski definition) is 8. The highest BCUT2D eigenvalue weighted by Crippen LogP contribution is 2.24. The van der Waals surface area contributed by atoms with E-state index in [1.54, 1.807) is 45.2 Å². The van der Waals surface area contributed by atoms with Crippen molar-refractivity contribution in [1.29, 1.82) is 0 Å². The summed E-state index contributed by atoms with van der Waals surface area (Å²) in [6, 6.07) is 21.4. The standard InChI is InChI=1S/C42H56O8Si/c1-31-27-32(2)39(41(44)48-25-26-51(6,7)8)35(28-31)17-14-19-38(50-42(3,4)45)29-37(49-40(43)34-15-10-9-11-16-34)18-12-13-24-47-30-33-20-22-36(46-5)23-21-33/h9-12,14-18,20-23,27-28,37-38,45H,13,19,24-26,29-30H2,1-8H3/b17-14+,18-12-/t37?,38-/m0/s1. The Morgan fingerprint density at radius 3 is 2.27 bits per heavy atom. The van der Waals surface area contributed by atoms with Crippen LogP contribution in [0.5, 0.6) is 5.75 Å². The Bertz CT molecular complexity index is 1580. The van der Waals surface area contributed by atoms with E-state index in [0.717, 1.165) is 34.0 Å². The van der Waals surface area contributed by atoms with Crippen molar-refractivity contribution in [2.24, 2.45) is 0 Å². The largest absolute Gasteiger partial charge is 0.497 e. The summed E-state index contributed by atoms with van der Waals surface area (Å²) in [5.41, 5.74) is 4.66. The van der Waals surface area contributed by atoms with Gasteiger partial charge in [0.05, 0.1) is 44.2 Å². The van der Waals surface area contributed by atoms with E-state index in [1.807, 2.05) is 80.6 Å². The van der Waals surface area contributed by atoms with Crippen LogP contribution in [0.2, 0.25) is 25.7 Å². The summed E-state index contributed by atoms with van der Waals surface area (Å²) in [4.78, 5) is 26.3. The lowest BCUT2D eigenvalue weighted by atomic mass is 9.97. The molecule has 0 aliphatic carbocycles. The van der Waals surface area contributed by atoms with Gasteiger partial charge in [-0.2, -0.15) is 0 Å². The number of methoxy groups -OCH3 is 1. The van der Waals surface area contributed by atoms with E-state index in [1.165, 1.54) is 0 Å². The number of benzene rings is 3. The summed E-state index contributed by atoms with van der Waals surface area (Å²) in [7, 11) is 0.275. The molecule has 2 atom stereocenters. The molecule has 0 aliphatic rings. The molecular weight excluding hydrogens is 661 g/mol. The van der Waals surface area contributed by atoms with Crippen LogP contribution in [0, 0.1) is 13.8 Å². The average Bonchev–Trinajstić information content (AvgIpc) is 3.05. The van der Waals surface area contributed by atoms with Gasteiger partial charge >= 0.3 is 11.9 Å². The van der Waals surface area contributed by atoms with Crippen molar-refractivity contribution in [1.82, 2.24) is 0 Å². The maximum atomic E-state index is 13.2. The van der Waals surface area contributed by atoms with Gasteiger partial charge in [-0.25, -0.2) is 9.59 Å². The van der Waals surface area contributed by atoms with Crippen LogP contribution in [-0.2, 0) is 25.6 Å². The summed E-state index contributed by atoms with van der Waals surface area (Å²) in [6.07, 6.45) is 7.72. The van der Waals surface area contributed by atoms with Crippen molar-refractivity contribution >= 4 is 26.1 Å². The van der Waals surface area contributed by atoms with Gasteiger partial charge in [-0.05, 0) is 93.6 Å². The van der Waals surface area contributed by atoms with Crippen molar-refractivity contribution in [3.05, 3.63) is 118 Å². The van der Waals surface area contributed by atoms with E-state index in [9.17, 15) is 14.7 Å². The maximum Gasteiger partial charge on any atom is 0.338 e. The first-order valence-corrected chi connectivity index (χ1v) is 21.3. The van der Waals surface area contributed by atoms with Crippen LogP contribution in [-0.4, -0.2) is 63.4 Å². The Labute approximate surface area is 305 Å². The highest BCUT2D eigenvalue weighted by Gasteiger charge is 2.25. The van der Waals surface area contributed by atoms with Gasteiger partial charge in [-0.15, -0.1) is 0 Å². The van der Waals surface area contributed by atoms with Gasteiger partial charge in [0, 0.05) is 14.5 Å². The molecule has 3 rings (SSSR count). The third kappa shape index (κ3) is 15.8. The molecule has 0 spiro atoms. The van der Waals surface area contributed by atoms with Crippen LogP contribution in [0.4, 0.5) is 0 Å². The molecule has 3 aromatic carbocycles. The van der Waals surface area contributed by atoms with Gasteiger partial charge in [0.1, 0.15) is 11.9 Å². The Balaban J connectivity index is 1.75. The molecule has 276 valence electrons. The number of carbonyl (C=O) groups excluding carboxylic acids is 2. The SMILES string of the molecule is COc1ccc(COCC/C=C\C(C[C@H](C/C=C/c2cc(C)cc(C)c2C(=O)OCC[Si](C)(C)C)OC(C)(C)O)OC(=O)c2ccccc2)cc1. The smallest absolute Gasteiger partial charge is 0.338 e. The van der Waals surface area contributed by atoms with Gasteiger partial charge in [0.15, 0.2) is 5.79 Å². The quantitative estimate of drug-likeness (QED) is 0.0407. The van der Waals surface area contributed by atoms with Gasteiger partial charge in [-0.1, -0.05) is 85.9 Å². The van der Waals surface area contributed by atoms with Crippen molar-refractivity contribution in [3.63, 3.8) is 0 Å². The zero-order chi connectivity index (χ0) is 37.4. The third-order valence-electron chi connectivity index (χ3n) is 7.92. The fraction of sp³-hybridized carbons (Fsp3) is 0.429. The lowest BCUT2D eigenvalue weighted by Crippen LogP contribution is -2.33. The van der Waals surface area contributed by atoms with E-state index in [-0.39, 0.29) is 12.4 Å². The van der Waals surface area contributed by atoms with Crippen molar-refractivity contribution < 1.29 is 38.4 Å². The van der Waals surface area contributed by atoms with E-state index in [2.05, 4.69) is 19.6 Å². The zero-order valence-corrected chi connectivity index (χ0v) is 32.6. The molecule has 3 aromatic rings. The average molecular weight is 717 g/mol. The molecule has 0 aliphatic heterocycles. The summed E-state index contributed by atoms with van der Waals surface area (Å²) < 4.78 is 28.8. The third-order valence-corrected chi connectivity index (χ3v) is 9.63. The van der Waals surface area contributed by atoms with Crippen molar-refractivity contribution in [2.75, 3.05) is 20.3 Å². The molecule has 0 aromatic heterocycles. The van der Waals surface area contributed by atoms with Gasteiger partial charge in [0.2, 0.25) is 0 Å². The van der Waals surface area contributed by atoms with E-state index in [4.69, 9.17) is 23.7 Å². The second-order valence-corrected chi connectivity index (χ2v) is 20.1. The molecule has 1 N–H and O–H groups in total. The highest BCUT2D eigenvalue weighted by atomic mass is 28.3. The second-order valence-electron chi connectivity index (χ2n) is 14.5. The summed E-state index contributed by atoms with van der Waals surface area (Å²) in [5, 5.41) is 10.6. The molecule has 8 nitrogen and oxygen atoms in total. The number of aryl methyl sites for hydroxylation is 2. The molecule has 0 radical (unpaired) electrons. The number of rotatable bonds is 20. The normalized spacial score (nSPS) is 13.4. The molecule has 0 fully saturated rings. The minimum absolute atomic E-state index is 0.286. The Morgan fingerprint density at radius 2 is 1.63 bits per heavy atom. The summed E-state index contributed by atoms with van der Waals surface area (Å²) in [6.45, 7) is 15.2. The number of aliphatic hydroxyl groups is 1. The van der Waals surface area contributed by atoms with Crippen LogP contribution in [0.25, 0.3) is 6.08 Å². The second kappa shape index (κ2) is 20.1. The predicted molar refractivity (Wildman–Crippen MR) is 206 cm³/mol. The van der Waals surface area contributed by atoms with Gasteiger partial charge < -0.3 is 28.8 Å². The molecule has 0 saturated heterocycles. The minimum Gasteiger partial charge on any atom is -0.497 e. The van der Waals surface area contributed by atoms with Crippen LogP contribution in [0.1, 0.15) is 76.1 Å². The van der Waals surface area contributed by atoms with Gasteiger partial charge in [-0.3, -0.25) is 0 Å². The Kier molecular flexibility index (Phi) is 16.3. The van der Waals surface area contributed by atoms with Crippen molar-refractivity contribution in [2.45, 2.75) is 97.2 Å². The highest BCUT2D eigenvalue weighted by molar-refractivity contribution is 6.76. The molecule has 51 heavy (non-hydrogen) atoms. The minimum atomic E-state index is -1.43. The predicted octanol–water partition coefficient (Wildman–Crippen LogP) is 9.10. The summed E-state index contributed by atoms with van der Waals surface area (Å²) in [5.74, 6) is -1.42. The zero-order valence-electron chi connectivity index (χ0n) is 31.6. The molecule has 0 bridgehead atoms. The first-order chi connectivity index (χ1) is 24.1. The molecule has 0 heterocycles. The lowest BCUT2D eigenvalue weighted by molar-refractivity contribution is -0.208. The number of carbonyl (C=O) groups is 2. The Hall–Kier alpha value is -4.02. The fourth-order valence-corrected chi connectivity index (χ4v) is 6.11. The Morgan fingerprint density at radius 1 is 0.922 bits per heavy atom. The molecule has 1 unspecified atom stereocenters. The van der Waals surface area contributed by atoms with Crippen LogP contribution >= 0.6 is 0 Å². The molecule has 9 heteroatoms. The molecule has 0 saturated carbocycles. The first kappa shape index (κ1) is 41.4. The van der Waals surface area contributed by atoms with E-state index >= 15 is 0 Å². The lowest BCUT2D eigenvalue weighted by Gasteiger charge is -2.28. The number of ether oxygens (including phenoxy) is 5. The van der Waals surface area contributed by atoms with Crippen molar-refractivity contribution in [3.8, 4) is 5.75 Å². The number of hydrogen-bond donors (Lipinski definition) is 1. The van der Waals surface area contributed by atoms with Crippen LogP contribution in [0.15, 0.2) is 85.0 Å². The monoisotopic (exact) mass is 716 g/mol. The summed E-state index contributed by atoms with van der Waals surface area (Å²) >= 11 is 0. The maximum absolute atomic E-state index is 13.2. The first-order valence-electron chi connectivity index (χ1n) is 17.6. The fourth-order valence-electron chi connectivity index (χ4n) is 5.40. The van der Waals surface area contributed by atoms with Gasteiger partial charge in [0.25, 0.3) is 0 Å². The van der Waals surface area contributed by atoms with Crippen LogP contribution < -0.4 is 4.74 Å². The molecule has 0 amide bonds. The number of esters is 2. The molecular formula is C42H56O8Si. The van der Waals surface area contributed by atoms with E-state index in [0.29, 0.717) is 43.8 Å². The van der Waals surface area contributed by atoms with Crippen LogP contribution in [0.3, 0.4) is 0 Å². The topological polar surface area (TPSA) is 101 Å².